The fourth-order valence-electron chi connectivity index (χ4n) is 2.27. The minimum atomic E-state index is 0.0724. The van der Waals surface area contributed by atoms with Crippen molar-refractivity contribution in [3.8, 4) is 0 Å². The normalized spacial score (nSPS) is 22.4. The summed E-state index contributed by atoms with van der Waals surface area (Å²) in [5, 5.41) is 0. The van der Waals surface area contributed by atoms with Gasteiger partial charge >= 0.3 is 0 Å². The molecule has 2 rings (SSSR count). The Bertz CT molecular complexity index is 418. The standard InChI is InChI=1S/C14H17NO/c1-14(2)9-12(8-13(16)10-14)15-11-6-4-3-5-7-11/h3-7H,8-10H2,1-2H3. The molecule has 0 aliphatic heterocycles. The lowest BCUT2D eigenvalue weighted by atomic mass is 9.76. The van der Waals surface area contributed by atoms with E-state index in [1.165, 1.54) is 0 Å². The molecule has 0 heterocycles. The number of benzene rings is 1. The van der Waals surface area contributed by atoms with Gasteiger partial charge < -0.3 is 0 Å². The molecule has 1 aromatic carbocycles. The van der Waals surface area contributed by atoms with Crippen LogP contribution in [0.25, 0.3) is 0 Å². The van der Waals surface area contributed by atoms with Crippen LogP contribution in [0.3, 0.4) is 0 Å². The molecule has 0 amide bonds. The molecule has 0 aromatic heterocycles. The van der Waals surface area contributed by atoms with E-state index in [9.17, 15) is 4.79 Å². The first-order valence-electron chi connectivity index (χ1n) is 5.68. The van der Waals surface area contributed by atoms with Crippen molar-refractivity contribution in [1.82, 2.24) is 0 Å². The van der Waals surface area contributed by atoms with Crippen molar-refractivity contribution in [1.29, 1.82) is 0 Å². The smallest absolute Gasteiger partial charge is 0.139 e. The van der Waals surface area contributed by atoms with Gasteiger partial charge in [0.25, 0.3) is 0 Å². The van der Waals surface area contributed by atoms with Crippen LogP contribution in [0.1, 0.15) is 33.1 Å². The molecule has 1 saturated carbocycles. The van der Waals surface area contributed by atoms with Gasteiger partial charge in [-0.05, 0) is 24.0 Å². The average molecular weight is 215 g/mol. The summed E-state index contributed by atoms with van der Waals surface area (Å²) in [4.78, 5) is 16.2. The number of Topliss-reactive ketones (excluding diaryl/α,β-unsaturated/α-hetero) is 1. The van der Waals surface area contributed by atoms with Crippen LogP contribution >= 0.6 is 0 Å². The summed E-state index contributed by atoms with van der Waals surface area (Å²) in [5.41, 5.74) is 2.04. The number of carbonyl (C=O) groups is 1. The van der Waals surface area contributed by atoms with Crippen molar-refractivity contribution in [2.75, 3.05) is 0 Å². The lowest BCUT2D eigenvalue weighted by Crippen LogP contribution is -2.28. The predicted molar refractivity (Wildman–Crippen MR) is 66.2 cm³/mol. The summed E-state index contributed by atoms with van der Waals surface area (Å²) in [6.07, 6.45) is 2.13. The predicted octanol–water partition coefficient (Wildman–Crippen LogP) is 3.54. The number of hydrogen-bond donors (Lipinski definition) is 0. The molecule has 1 fully saturated rings. The van der Waals surface area contributed by atoms with Crippen LogP contribution in [0.15, 0.2) is 35.3 Å². The van der Waals surface area contributed by atoms with Crippen molar-refractivity contribution in [2.24, 2.45) is 10.4 Å². The van der Waals surface area contributed by atoms with Gasteiger partial charge in [0.05, 0.1) is 5.69 Å². The first-order chi connectivity index (χ1) is 7.55. The molecule has 1 aliphatic rings. The Morgan fingerprint density at radius 3 is 2.44 bits per heavy atom. The summed E-state index contributed by atoms with van der Waals surface area (Å²) < 4.78 is 0. The van der Waals surface area contributed by atoms with Crippen LogP contribution in [0.5, 0.6) is 0 Å². The molecule has 0 bridgehead atoms. The number of carbonyl (C=O) groups excluding carboxylic acids is 1. The largest absolute Gasteiger partial charge is 0.299 e. The topological polar surface area (TPSA) is 29.4 Å². The van der Waals surface area contributed by atoms with E-state index < -0.39 is 0 Å². The monoisotopic (exact) mass is 215 g/mol. The van der Waals surface area contributed by atoms with E-state index >= 15 is 0 Å². The molecule has 2 nitrogen and oxygen atoms in total. The third-order valence-electron chi connectivity index (χ3n) is 2.80. The van der Waals surface area contributed by atoms with Gasteiger partial charge in [0, 0.05) is 18.6 Å². The molecule has 0 spiro atoms. The second-order valence-corrected chi connectivity index (χ2v) is 5.25. The number of rotatable bonds is 1. The second kappa shape index (κ2) is 4.20. The van der Waals surface area contributed by atoms with Gasteiger partial charge in [-0.2, -0.15) is 0 Å². The van der Waals surface area contributed by atoms with Crippen LogP contribution in [0.2, 0.25) is 0 Å². The van der Waals surface area contributed by atoms with Crippen LogP contribution in [-0.2, 0) is 4.79 Å². The van der Waals surface area contributed by atoms with E-state index in [0.29, 0.717) is 18.6 Å². The fraction of sp³-hybridized carbons (Fsp3) is 0.429. The van der Waals surface area contributed by atoms with Gasteiger partial charge in [-0.25, -0.2) is 0 Å². The Labute approximate surface area is 96.4 Å². The molecular formula is C14H17NO. The molecule has 16 heavy (non-hydrogen) atoms. The van der Waals surface area contributed by atoms with Gasteiger partial charge in [-0.15, -0.1) is 0 Å². The first-order valence-corrected chi connectivity index (χ1v) is 5.68. The molecule has 2 heteroatoms. The maximum absolute atomic E-state index is 11.6. The molecule has 0 saturated heterocycles. The third-order valence-corrected chi connectivity index (χ3v) is 2.80. The number of ketones is 1. The van der Waals surface area contributed by atoms with Crippen LogP contribution in [0, 0.1) is 5.41 Å². The molecule has 1 aromatic rings. The van der Waals surface area contributed by atoms with Crippen molar-refractivity contribution in [2.45, 2.75) is 33.1 Å². The zero-order valence-electron chi connectivity index (χ0n) is 9.86. The minimum Gasteiger partial charge on any atom is -0.299 e. The van der Waals surface area contributed by atoms with E-state index in [2.05, 4.69) is 18.8 Å². The minimum absolute atomic E-state index is 0.0724. The number of aliphatic imine (C=N–C) groups is 1. The van der Waals surface area contributed by atoms with Crippen molar-refractivity contribution >= 4 is 17.2 Å². The highest BCUT2D eigenvalue weighted by Crippen LogP contribution is 2.32. The van der Waals surface area contributed by atoms with Gasteiger partial charge in [0.15, 0.2) is 0 Å². The van der Waals surface area contributed by atoms with Crippen molar-refractivity contribution in [3.63, 3.8) is 0 Å². The highest BCUT2D eigenvalue weighted by molar-refractivity contribution is 6.05. The maximum atomic E-state index is 11.6. The molecule has 0 N–H and O–H groups in total. The fourth-order valence-corrected chi connectivity index (χ4v) is 2.27. The highest BCUT2D eigenvalue weighted by atomic mass is 16.1. The Morgan fingerprint density at radius 2 is 1.81 bits per heavy atom. The molecule has 0 atom stereocenters. The van der Waals surface area contributed by atoms with Crippen LogP contribution in [0.4, 0.5) is 5.69 Å². The Hall–Kier alpha value is -1.44. The van der Waals surface area contributed by atoms with Gasteiger partial charge in [-0.1, -0.05) is 32.0 Å². The van der Waals surface area contributed by atoms with Gasteiger partial charge in [-0.3, -0.25) is 9.79 Å². The molecule has 1 aliphatic carbocycles. The van der Waals surface area contributed by atoms with E-state index in [4.69, 9.17) is 0 Å². The molecular weight excluding hydrogens is 198 g/mol. The van der Waals surface area contributed by atoms with Crippen molar-refractivity contribution < 1.29 is 4.79 Å². The Kier molecular flexibility index (Phi) is 2.90. The number of para-hydroxylation sites is 1. The molecule has 84 valence electrons. The number of nitrogens with zero attached hydrogens (tertiary/aromatic N) is 1. The van der Waals surface area contributed by atoms with E-state index in [1.807, 2.05) is 30.3 Å². The Balaban J connectivity index is 2.21. The SMILES string of the molecule is CC1(C)CC(=O)CC(=Nc2ccccc2)C1. The summed E-state index contributed by atoms with van der Waals surface area (Å²) >= 11 is 0. The summed E-state index contributed by atoms with van der Waals surface area (Å²) in [7, 11) is 0. The molecule has 0 unspecified atom stereocenters. The third kappa shape index (κ3) is 2.78. The molecule has 0 radical (unpaired) electrons. The van der Waals surface area contributed by atoms with E-state index in [-0.39, 0.29) is 5.41 Å². The van der Waals surface area contributed by atoms with Crippen LogP contribution in [-0.4, -0.2) is 11.5 Å². The van der Waals surface area contributed by atoms with E-state index in [1.54, 1.807) is 0 Å². The highest BCUT2D eigenvalue weighted by Gasteiger charge is 2.30. The second-order valence-electron chi connectivity index (χ2n) is 5.25. The Morgan fingerprint density at radius 1 is 1.12 bits per heavy atom. The van der Waals surface area contributed by atoms with Gasteiger partial charge in [0.1, 0.15) is 5.78 Å². The zero-order chi connectivity index (χ0) is 11.6. The maximum Gasteiger partial charge on any atom is 0.139 e. The zero-order valence-corrected chi connectivity index (χ0v) is 9.86. The van der Waals surface area contributed by atoms with Crippen molar-refractivity contribution in [3.05, 3.63) is 30.3 Å². The average Bonchev–Trinajstić information content (AvgIpc) is 2.15. The quantitative estimate of drug-likeness (QED) is 0.704. The van der Waals surface area contributed by atoms with E-state index in [0.717, 1.165) is 17.8 Å². The summed E-state index contributed by atoms with van der Waals surface area (Å²) in [5.74, 6) is 0.311. The number of hydrogen-bond acceptors (Lipinski definition) is 2. The summed E-state index contributed by atoms with van der Waals surface area (Å²) in [6, 6.07) is 9.85. The first kappa shape index (κ1) is 11.1. The lowest BCUT2D eigenvalue weighted by molar-refractivity contribution is -0.120. The lowest BCUT2D eigenvalue weighted by Gasteiger charge is -2.29. The van der Waals surface area contributed by atoms with Crippen LogP contribution < -0.4 is 0 Å². The van der Waals surface area contributed by atoms with Gasteiger partial charge in [0.2, 0.25) is 0 Å². The summed E-state index contributed by atoms with van der Waals surface area (Å²) in [6.45, 7) is 4.26.